The molecule has 3 N–H and O–H groups in total. The molecule has 0 atom stereocenters. The zero-order valence-corrected chi connectivity index (χ0v) is 19.0. The van der Waals surface area contributed by atoms with E-state index in [1.165, 1.54) is 0 Å². The van der Waals surface area contributed by atoms with Gasteiger partial charge in [-0.1, -0.05) is 54.6 Å². The maximum Gasteiger partial charge on any atom is 0.167 e. The van der Waals surface area contributed by atoms with Crippen LogP contribution in [-0.2, 0) is 12.3 Å². The van der Waals surface area contributed by atoms with Crippen molar-refractivity contribution in [3.8, 4) is 39.7 Å². The van der Waals surface area contributed by atoms with E-state index in [4.69, 9.17) is 15.5 Å². The standard InChI is InChI=1S/C26H24N4O2.ClH/c1-25(31)14-26(27,15-25)19-9-7-17(8-10-19)22-23(18-5-3-2-4-6-18)30-16-32-21-11-12-28-13-20(21)24(30)29-22;/h2-13,31H,14-16,27H2,1H3;1H/t25-,26-;. The van der Waals surface area contributed by atoms with Crippen LogP contribution >= 0.6 is 12.4 Å². The molecule has 2 aromatic heterocycles. The van der Waals surface area contributed by atoms with Gasteiger partial charge in [0.2, 0.25) is 0 Å². The van der Waals surface area contributed by atoms with Crippen LogP contribution in [0.2, 0.25) is 0 Å². The average molecular weight is 461 g/mol. The molecule has 2 aliphatic rings. The Morgan fingerprint density at radius 1 is 1.00 bits per heavy atom. The van der Waals surface area contributed by atoms with E-state index in [0.717, 1.165) is 45.2 Å². The third kappa shape index (κ3) is 3.51. The first kappa shape index (κ1) is 21.6. The minimum absolute atomic E-state index is 0. The van der Waals surface area contributed by atoms with Gasteiger partial charge < -0.3 is 15.6 Å². The lowest BCUT2D eigenvalue weighted by atomic mass is 9.63. The molecule has 0 spiro atoms. The Hall–Kier alpha value is -3.19. The number of hydrogen-bond donors (Lipinski definition) is 2. The van der Waals surface area contributed by atoms with Gasteiger partial charge >= 0.3 is 0 Å². The van der Waals surface area contributed by atoms with Gasteiger partial charge in [-0.15, -0.1) is 12.4 Å². The zero-order chi connectivity index (χ0) is 21.9. The van der Waals surface area contributed by atoms with Crippen molar-refractivity contribution in [3.05, 3.63) is 78.6 Å². The first-order valence-corrected chi connectivity index (χ1v) is 10.8. The van der Waals surface area contributed by atoms with Gasteiger partial charge in [-0.3, -0.25) is 9.55 Å². The number of imidazole rings is 1. The van der Waals surface area contributed by atoms with Gasteiger partial charge in [-0.2, -0.15) is 0 Å². The quantitative estimate of drug-likeness (QED) is 0.460. The van der Waals surface area contributed by atoms with Gasteiger partial charge in [0.1, 0.15) is 11.6 Å². The molecule has 0 unspecified atom stereocenters. The summed E-state index contributed by atoms with van der Waals surface area (Å²) in [6.45, 7) is 2.23. The molecule has 1 aliphatic heterocycles. The largest absolute Gasteiger partial charge is 0.472 e. The highest BCUT2D eigenvalue weighted by atomic mass is 35.5. The van der Waals surface area contributed by atoms with Crippen molar-refractivity contribution in [1.82, 2.24) is 14.5 Å². The normalized spacial score (nSPS) is 22.9. The predicted octanol–water partition coefficient (Wildman–Crippen LogP) is 4.75. The van der Waals surface area contributed by atoms with Gasteiger partial charge in [0.25, 0.3) is 0 Å². The summed E-state index contributed by atoms with van der Waals surface area (Å²) >= 11 is 0. The summed E-state index contributed by atoms with van der Waals surface area (Å²) in [6, 6.07) is 20.4. The van der Waals surface area contributed by atoms with Crippen molar-refractivity contribution in [1.29, 1.82) is 0 Å². The predicted molar refractivity (Wildman–Crippen MR) is 130 cm³/mol. The SMILES string of the molecule is C[C@]1(O)C[C@@](N)(c2ccc(-c3nc4n(c3-c3ccccc3)COc3ccncc3-4)cc2)C1.Cl. The summed E-state index contributed by atoms with van der Waals surface area (Å²) in [5.41, 5.74) is 11.3. The van der Waals surface area contributed by atoms with Gasteiger partial charge in [0.15, 0.2) is 6.73 Å². The van der Waals surface area contributed by atoms with Crippen molar-refractivity contribution in [2.24, 2.45) is 5.73 Å². The summed E-state index contributed by atoms with van der Waals surface area (Å²) < 4.78 is 8.12. The van der Waals surface area contributed by atoms with E-state index in [-0.39, 0.29) is 12.4 Å². The number of rotatable bonds is 3. The zero-order valence-electron chi connectivity index (χ0n) is 18.2. The minimum atomic E-state index is -0.682. The van der Waals surface area contributed by atoms with E-state index >= 15 is 0 Å². The highest BCUT2D eigenvalue weighted by Gasteiger charge is 2.49. The molecule has 1 saturated carbocycles. The van der Waals surface area contributed by atoms with Crippen LogP contribution in [0.4, 0.5) is 0 Å². The number of nitrogens with two attached hydrogens (primary N) is 1. The Kier molecular flexibility index (Phi) is 5.05. The third-order valence-corrected chi connectivity index (χ3v) is 6.51. The van der Waals surface area contributed by atoms with Crippen molar-refractivity contribution in [3.63, 3.8) is 0 Å². The van der Waals surface area contributed by atoms with Gasteiger partial charge in [-0.25, -0.2) is 4.98 Å². The number of nitrogens with zero attached hydrogens (tertiary/aromatic N) is 3. The van der Waals surface area contributed by atoms with Crippen LogP contribution in [-0.4, -0.2) is 25.2 Å². The molecule has 168 valence electrons. The second kappa shape index (κ2) is 7.70. The molecule has 6 rings (SSSR count). The number of halogens is 1. The van der Waals surface area contributed by atoms with Crippen LogP contribution in [0.15, 0.2) is 73.1 Å². The summed E-state index contributed by atoms with van der Waals surface area (Å²) in [4.78, 5) is 9.34. The number of aromatic nitrogens is 3. The lowest BCUT2D eigenvalue weighted by molar-refractivity contribution is -0.0738. The Balaban J connectivity index is 0.00000228. The van der Waals surface area contributed by atoms with E-state index in [9.17, 15) is 5.11 Å². The highest BCUT2D eigenvalue weighted by molar-refractivity contribution is 5.85. The van der Waals surface area contributed by atoms with Crippen molar-refractivity contribution in [2.75, 3.05) is 0 Å². The fourth-order valence-electron chi connectivity index (χ4n) is 5.16. The monoisotopic (exact) mass is 460 g/mol. The lowest BCUT2D eigenvalue weighted by Gasteiger charge is -2.49. The van der Waals surface area contributed by atoms with Crippen LogP contribution in [0.5, 0.6) is 5.75 Å². The average Bonchev–Trinajstić information content (AvgIpc) is 3.18. The fourth-order valence-corrected chi connectivity index (χ4v) is 5.16. The number of pyridine rings is 1. The molecular weight excluding hydrogens is 436 g/mol. The van der Waals surface area contributed by atoms with E-state index < -0.39 is 11.1 Å². The topological polar surface area (TPSA) is 86.2 Å². The van der Waals surface area contributed by atoms with Crippen LogP contribution < -0.4 is 10.5 Å². The van der Waals surface area contributed by atoms with Crippen molar-refractivity contribution in [2.45, 2.75) is 37.6 Å². The third-order valence-electron chi connectivity index (χ3n) is 6.51. The van der Waals surface area contributed by atoms with E-state index in [1.807, 2.05) is 31.2 Å². The summed E-state index contributed by atoms with van der Waals surface area (Å²) in [6.07, 6.45) is 4.66. The molecule has 3 heterocycles. The van der Waals surface area contributed by atoms with Gasteiger partial charge in [0, 0.05) is 29.1 Å². The molecule has 0 amide bonds. The fraction of sp³-hybridized carbons (Fsp3) is 0.231. The second-order valence-electron chi connectivity index (χ2n) is 9.16. The van der Waals surface area contributed by atoms with Gasteiger partial charge in [0.05, 0.1) is 22.6 Å². The molecule has 4 aromatic rings. The smallest absolute Gasteiger partial charge is 0.167 e. The Labute approximate surface area is 198 Å². The molecule has 1 aliphatic carbocycles. The van der Waals surface area contributed by atoms with E-state index in [1.54, 1.807) is 12.4 Å². The Bertz CT molecular complexity index is 1310. The first-order chi connectivity index (χ1) is 15.4. The van der Waals surface area contributed by atoms with Crippen LogP contribution in [0, 0.1) is 0 Å². The van der Waals surface area contributed by atoms with E-state index in [0.29, 0.717) is 19.6 Å². The Morgan fingerprint density at radius 3 is 2.42 bits per heavy atom. The van der Waals surface area contributed by atoms with Crippen LogP contribution in [0.25, 0.3) is 33.9 Å². The van der Waals surface area contributed by atoms with Crippen LogP contribution in [0.3, 0.4) is 0 Å². The second-order valence-corrected chi connectivity index (χ2v) is 9.16. The number of benzene rings is 2. The lowest BCUT2D eigenvalue weighted by Crippen LogP contribution is -2.58. The number of hydrogen-bond acceptors (Lipinski definition) is 5. The van der Waals surface area contributed by atoms with E-state index in [2.05, 4.69) is 45.9 Å². The molecule has 0 saturated heterocycles. The number of fused-ring (bicyclic) bond motifs is 3. The molecule has 2 aromatic carbocycles. The molecule has 0 radical (unpaired) electrons. The highest BCUT2D eigenvalue weighted by Crippen LogP contribution is 2.47. The molecule has 33 heavy (non-hydrogen) atoms. The van der Waals surface area contributed by atoms with Gasteiger partial charge in [-0.05, 0) is 31.4 Å². The number of aliphatic hydroxyl groups is 1. The maximum atomic E-state index is 10.2. The molecule has 7 heteroatoms. The maximum absolute atomic E-state index is 10.2. The Morgan fingerprint density at radius 2 is 1.73 bits per heavy atom. The summed E-state index contributed by atoms with van der Waals surface area (Å²) in [7, 11) is 0. The minimum Gasteiger partial charge on any atom is -0.472 e. The van der Waals surface area contributed by atoms with Crippen molar-refractivity contribution < 1.29 is 9.84 Å². The number of ether oxygens (including phenoxy) is 1. The first-order valence-electron chi connectivity index (χ1n) is 10.8. The summed E-state index contributed by atoms with van der Waals surface area (Å²) in [5.74, 6) is 1.64. The van der Waals surface area contributed by atoms with Crippen molar-refractivity contribution >= 4 is 12.4 Å². The summed E-state index contributed by atoms with van der Waals surface area (Å²) in [5, 5.41) is 10.2. The van der Waals surface area contributed by atoms with Crippen LogP contribution in [0.1, 0.15) is 25.3 Å². The molecular formula is C26H25ClN4O2. The molecule has 6 nitrogen and oxygen atoms in total. The molecule has 0 bridgehead atoms. The molecule has 1 fully saturated rings.